The fourth-order valence-corrected chi connectivity index (χ4v) is 2.62. The van der Waals surface area contributed by atoms with Crippen molar-refractivity contribution in [1.29, 1.82) is 0 Å². The zero-order valence-corrected chi connectivity index (χ0v) is 13.2. The van der Waals surface area contributed by atoms with Gasteiger partial charge in [-0.1, -0.05) is 24.3 Å². The summed E-state index contributed by atoms with van der Waals surface area (Å²) in [5.74, 6) is 1.98. The molecule has 1 aliphatic rings. The van der Waals surface area contributed by atoms with Gasteiger partial charge in [-0.2, -0.15) is 0 Å². The van der Waals surface area contributed by atoms with E-state index in [0.29, 0.717) is 24.5 Å². The van der Waals surface area contributed by atoms with Gasteiger partial charge in [0.2, 0.25) is 0 Å². The Bertz CT molecular complexity index is 689. The SMILES string of the molecule is COc1ccc(CNC(=O)[C@H]2Cc3ccccc3O2)cc1OC. The van der Waals surface area contributed by atoms with Crippen LogP contribution in [0.4, 0.5) is 0 Å². The van der Waals surface area contributed by atoms with E-state index in [4.69, 9.17) is 14.2 Å². The molecule has 0 saturated carbocycles. The molecular formula is C18H19NO4. The van der Waals surface area contributed by atoms with Crippen molar-refractivity contribution in [2.24, 2.45) is 0 Å². The Morgan fingerprint density at radius 3 is 2.70 bits per heavy atom. The van der Waals surface area contributed by atoms with Crippen LogP contribution in [0.1, 0.15) is 11.1 Å². The topological polar surface area (TPSA) is 56.8 Å². The van der Waals surface area contributed by atoms with Crippen LogP contribution in [-0.2, 0) is 17.8 Å². The average Bonchev–Trinajstić information content (AvgIpc) is 3.03. The highest BCUT2D eigenvalue weighted by Crippen LogP contribution is 2.29. The normalized spacial score (nSPS) is 15.5. The fourth-order valence-electron chi connectivity index (χ4n) is 2.62. The van der Waals surface area contributed by atoms with E-state index in [1.807, 2.05) is 42.5 Å². The number of amides is 1. The number of carbonyl (C=O) groups excluding carboxylic acids is 1. The minimum Gasteiger partial charge on any atom is -0.493 e. The molecule has 120 valence electrons. The highest BCUT2D eigenvalue weighted by atomic mass is 16.5. The van der Waals surface area contributed by atoms with E-state index in [1.165, 1.54) is 0 Å². The summed E-state index contributed by atoms with van der Waals surface area (Å²) in [7, 11) is 3.18. The molecule has 1 aliphatic heterocycles. The van der Waals surface area contributed by atoms with Gasteiger partial charge in [0, 0.05) is 13.0 Å². The summed E-state index contributed by atoms with van der Waals surface area (Å²) in [6.07, 6.45) is 0.140. The first-order valence-electron chi connectivity index (χ1n) is 7.44. The van der Waals surface area contributed by atoms with Gasteiger partial charge in [-0.15, -0.1) is 0 Å². The second kappa shape index (κ2) is 6.60. The lowest BCUT2D eigenvalue weighted by Crippen LogP contribution is -2.37. The smallest absolute Gasteiger partial charge is 0.261 e. The number of hydrogen-bond donors (Lipinski definition) is 1. The van der Waals surface area contributed by atoms with E-state index < -0.39 is 6.10 Å². The van der Waals surface area contributed by atoms with E-state index >= 15 is 0 Å². The Morgan fingerprint density at radius 2 is 1.96 bits per heavy atom. The average molecular weight is 313 g/mol. The van der Waals surface area contributed by atoms with Crippen LogP contribution >= 0.6 is 0 Å². The number of fused-ring (bicyclic) bond motifs is 1. The molecule has 0 aliphatic carbocycles. The molecule has 23 heavy (non-hydrogen) atoms. The number of methoxy groups -OCH3 is 2. The van der Waals surface area contributed by atoms with Crippen molar-refractivity contribution in [1.82, 2.24) is 5.32 Å². The van der Waals surface area contributed by atoms with Gasteiger partial charge in [0.25, 0.3) is 5.91 Å². The van der Waals surface area contributed by atoms with Crippen molar-refractivity contribution in [3.05, 3.63) is 53.6 Å². The minimum atomic E-state index is -0.465. The standard InChI is InChI=1S/C18H19NO4/c1-21-15-8-7-12(9-16(15)22-2)11-19-18(20)17-10-13-5-3-4-6-14(13)23-17/h3-9,17H,10-11H2,1-2H3,(H,19,20)/t17-/m1/s1. The molecule has 3 rings (SSSR count). The summed E-state index contributed by atoms with van der Waals surface area (Å²) in [6.45, 7) is 0.412. The monoisotopic (exact) mass is 313 g/mol. The molecular weight excluding hydrogens is 294 g/mol. The second-order valence-electron chi connectivity index (χ2n) is 5.33. The lowest BCUT2D eigenvalue weighted by atomic mass is 10.1. The maximum Gasteiger partial charge on any atom is 0.261 e. The fraction of sp³-hybridized carbons (Fsp3) is 0.278. The molecule has 1 N–H and O–H groups in total. The summed E-state index contributed by atoms with van der Waals surface area (Å²) in [4.78, 5) is 12.3. The van der Waals surface area contributed by atoms with Crippen LogP contribution in [-0.4, -0.2) is 26.2 Å². The minimum absolute atomic E-state index is 0.115. The molecule has 0 radical (unpaired) electrons. The molecule has 0 spiro atoms. The molecule has 1 amide bonds. The molecule has 0 aromatic heterocycles. The number of rotatable bonds is 5. The lowest BCUT2D eigenvalue weighted by molar-refractivity contribution is -0.127. The molecule has 0 bridgehead atoms. The molecule has 0 unspecified atom stereocenters. The number of hydrogen-bond acceptors (Lipinski definition) is 4. The zero-order chi connectivity index (χ0) is 16.2. The van der Waals surface area contributed by atoms with Gasteiger partial charge in [-0.25, -0.2) is 0 Å². The van der Waals surface area contributed by atoms with Gasteiger partial charge in [0.15, 0.2) is 17.6 Å². The molecule has 5 nitrogen and oxygen atoms in total. The quantitative estimate of drug-likeness (QED) is 0.920. The predicted octanol–water partition coefficient (Wildman–Crippen LogP) is 2.32. The molecule has 1 heterocycles. The number of para-hydroxylation sites is 1. The first-order chi connectivity index (χ1) is 11.2. The van der Waals surface area contributed by atoms with Crippen LogP contribution in [0.2, 0.25) is 0 Å². The number of carbonyl (C=O) groups is 1. The highest BCUT2D eigenvalue weighted by Gasteiger charge is 2.28. The van der Waals surface area contributed by atoms with E-state index in [0.717, 1.165) is 16.9 Å². The maximum atomic E-state index is 12.3. The van der Waals surface area contributed by atoms with Crippen molar-refractivity contribution in [3.63, 3.8) is 0 Å². The lowest BCUT2D eigenvalue weighted by Gasteiger charge is -2.13. The van der Waals surface area contributed by atoms with E-state index in [-0.39, 0.29) is 5.91 Å². The molecule has 5 heteroatoms. The van der Waals surface area contributed by atoms with Gasteiger partial charge in [-0.05, 0) is 29.3 Å². The predicted molar refractivity (Wildman–Crippen MR) is 86.0 cm³/mol. The van der Waals surface area contributed by atoms with Crippen molar-refractivity contribution in [3.8, 4) is 17.2 Å². The van der Waals surface area contributed by atoms with Gasteiger partial charge < -0.3 is 19.5 Å². The van der Waals surface area contributed by atoms with Crippen LogP contribution in [0.25, 0.3) is 0 Å². The third kappa shape index (κ3) is 3.23. The van der Waals surface area contributed by atoms with Gasteiger partial charge in [0.1, 0.15) is 5.75 Å². The largest absolute Gasteiger partial charge is 0.493 e. The van der Waals surface area contributed by atoms with E-state index in [9.17, 15) is 4.79 Å². The molecule has 0 fully saturated rings. The van der Waals surface area contributed by atoms with Crippen LogP contribution in [0, 0.1) is 0 Å². The maximum absolute atomic E-state index is 12.3. The van der Waals surface area contributed by atoms with Crippen molar-refractivity contribution in [2.75, 3.05) is 14.2 Å². The molecule has 2 aromatic carbocycles. The Kier molecular flexibility index (Phi) is 4.37. The summed E-state index contributed by atoms with van der Waals surface area (Å²) in [6, 6.07) is 13.3. The first-order valence-corrected chi connectivity index (χ1v) is 7.44. The Balaban J connectivity index is 1.60. The molecule has 0 saturated heterocycles. The van der Waals surface area contributed by atoms with Crippen LogP contribution in [0.15, 0.2) is 42.5 Å². The summed E-state index contributed by atoms with van der Waals surface area (Å²) in [5.41, 5.74) is 2.00. The number of nitrogens with one attached hydrogen (secondary N) is 1. The van der Waals surface area contributed by atoms with Crippen LogP contribution < -0.4 is 19.5 Å². The first kappa shape index (κ1) is 15.2. The Hall–Kier alpha value is -2.69. The Morgan fingerprint density at radius 1 is 1.17 bits per heavy atom. The summed E-state index contributed by atoms with van der Waals surface area (Å²) in [5, 5.41) is 2.90. The molecule has 1 atom stereocenters. The third-order valence-electron chi connectivity index (χ3n) is 3.85. The van der Waals surface area contributed by atoms with E-state index in [1.54, 1.807) is 14.2 Å². The van der Waals surface area contributed by atoms with Gasteiger partial charge in [-0.3, -0.25) is 4.79 Å². The number of benzene rings is 2. The van der Waals surface area contributed by atoms with Crippen molar-refractivity contribution < 1.29 is 19.0 Å². The Labute approximate surface area is 135 Å². The van der Waals surface area contributed by atoms with Gasteiger partial charge >= 0.3 is 0 Å². The van der Waals surface area contributed by atoms with Crippen LogP contribution in [0.5, 0.6) is 17.2 Å². The van der Waals surface area contributed by atoms with E-state index in [2.05, 4.69) is 5.32 Å². The zero-order valence-electron chi connectivity index (χ0n) is 13.2. The number of ether oxygens (including phenoxy) is 3. The van der Waals surface area contributed by atoms with Crippen molar-refractivity contribution in [2.45, 2.75) is 19.1 Å². The van der Waals surface area contributed by atoms with Crippen LogP contribution in [0.3, 0.4) is 0 Å². The molecule has 2 aromatic rings. The third-order valence-corrected chi connectivity index (χ3v) is 3.85. The second-order valence-corrected chi connectivity index (χ2v) is 5.33. The summed E-state index contributed by atoms with van der Waals surface area (Å²) >= 11 is 0. The summed E-state index contributed by atoms with van der Waals surface area (Å²) < 4.78 is 16.1. The van der Waals surface area contributed by atoms with Crippen molar-refractivity contribution >= 4 is 5.91 Å². The highest BCUT2D eigenvalue weighted by molar-refractivity contribution is 5.82. The van der Waals surface area contributed by atoms with Gasteiger partial charge in [0.05, 0.1) is 14.2 Å².